The Morgan fingerprint density at radius 2 is 1.70 bits per heavy atom. The van der Waals surface area contributed by atoms with E-state index in [0.717, 1.165) is 19.3 Å². The van der Waals surface area contributed by atoms with Crippen molar-refractivity contribution in [1.29, 1.82) is 0 Å². The molecule has 0 unspecified atom stereocenters. The van der Waals surface area contributed by atoms with Crippen LogP contribution < -0.4 is 10.1 Å². The summed E-state index contributed by atoms with van der Waals surface area (Å²) < 4.78 is 32.4. The average Bonchev–Trinajstić information content (AvgIpc) is 2.84. The molecule has 0 aliphatic carbocycles. The van der Waals surface area contributed by atoms with Gasteiger partial charge >= 0.3 is 0 Å². The fraction of sp³-hybridized carbons (Fsp3) is 0.269. The molecule has 0 aromatic heterocycles. The largest absolute Gasteiger partial charge is 0.496 e. The van der Waals surface area contributed by atoms with Crippen molar-refractivity contribution in [2.24, 2.45) is 0 Å². The molecule has 3 rings (SSSR count). The van der Waals surface area contributed by atoms with Crippen molar-refractivity contribution in [2.75, 3.05) is 19.5 Å². The number of carbonyl (C=O) groups excluding carboxylic acids is 1. The Bertz CT molecular complexity index is 1180. The van der Waals surface area contributed by atoms with E-state index in [1.54, 1.807) is 48.5 Å². The molecule has 33 heavy (non-hydrogen) atoms. The molecule has 174 valence electrons. The summed E-state index contributed by atoms with van der Waals surface area (Å²) in [5.74, 6) is 0.246. The molecular formula is C26H30N2O4S. The van der Waals surface area contributed by atoms with Crippen LogP contribution in [0.25, 0.3) is 0 Å². The lowest BCUT2D eigenvalue weighted by Gasteiger charge is -2.19. The van der Waals surface area contributed by atoms with Gasteiger partial charge in [-0.1, -0.05) is 43.7 Å². The van der Waals surface area contributed by atoms with Crippen molar-refractivity contribution >= 4 is 21.6 Å². The number of ether oxygens (including phenoxy) is 1. The lowest BCUT2D eigenvalue weighted by molar-refractivity contribution is 0.102. The summed E-state index contributed by atoms with van der Waals surface area (Å²) in [5.41, 5.74) is 2.97. The number of sulfonamides is 1. The van der Waals surface area contributed by atoms with E-state index >= 15 is 0 Å². The molecule has 0 fully saturated rings. The molecule has 0 bridgehead atoms. The Morgan fingerprint density at radius 1 is 1.00 bits per heavy atom. The van der Waals surface area contributed by atoms with Gasteiger partial charge < -0.3 is 10.1 Å². The summed E-state index contributed by atoms with van der Waals surface area (Å²) >= 11 is 0. The van der Waals surface area contributed by atoms with Gasteiger partial charge in [0.05, 0.1) is 12.0 Å². The second-order valence-electron chi connectivity index (χ2n) is 7.86. The highest BCUT2D eigenvalue weighted by molar-refractivity contribution is 7.89. The Labute approximate surface area is 196 Å². The van der Waals surface area contributed by atoms with Gasteiger partial charge in [0.2, 0.25) is 10.0 Å². The highest BCUT2D eigenvalue weighted by Gasteiger charge is 2.22. The summed E-state index contributed by atoms with van der Waals surface area (Å²) in [6.45, 7) is 2.22. The van der Waals surface area contributed by atoms with E-state index in [4.69, 9.17) is 4.74 Å². The number of unbranched alkanes of at least 4 members (excludes halogenated alkanes) is 1. The van der Waals surface area contributed by atoms with Gasteiger partial charge in [0, 0.05) is 30.4 Å². The third-order valence-corrected chi connectivity index (χ3v) is 7.24. The Morgan fingerprint density at radius 3 is 2.33 bits per heavy atom. The van der Waals surface area contributed by atoms with Gasteiger partial charge in [-0.2, -0.15) is 4.31 Å². The summed E-state index contributed by atoms with van der Waals surface area (Å²) in [7, 11) is -0.651. The number of rotatable bonds is 10. The van der Waals surface area contributed by atoms with Crippen LogP contribution in [-0.2, 0) is 23.0 Å². The molecule has 0 aliphatic heterocycles. The van der Waals surface area contributed by atoms with Gasteiger partial charge in [-0.25, -0.2) is 8.42 Å². The van der Waals surface area contributed by atoms with Crippen LogP contribution in [0.2, 0.25) is 0 Å². The highest BCUT2D eigenvalue weighted by atomic mass is 32.2. The zero-order valence-electron chi connectivity index (χ0n) is 19.2. The fourth-order valence-electron chi connectivity index (χ4n) is 3.48. The molecule has 0 heterocycles. The molecule has 1 N–H and O–H groups in total. The van der Waals surface area contributed by atoms with Gasteiger partial charge in [-0.05, 0) is 60.9 Å². The van der Waals surface area contributed by atoms with Gasteiger partial charge in [0.15, 0.2) is 0 Å². The maximum absolute atomic E-state index is 12.9. The van der Waals surface area contributed by atoms with Crippen LogP contribution in [0, 0.1) is 0 Å². The van der Waals surface area contributed by atoms with Crippen LogP contribution in [0.3, 0.4) is 0 Å². The van der Waals surface area contributed by atoms with E-state index in [0.29, 0.717) is 22.6 Å². The molecule has 3 aromatic carbocycles. The van der Waals surface area contributed by atoms with Crippen LogP contribution in [-0.4, -0.2) is 32.8 Å². The minimum Gasteiger partial charge on any atom is -0.496 e. The van der Waals surface area contributed by atoms with Crippen LogP contribution in [0.5, 0.6) is 5.75 Å². The first-order chi connectivity index (χ1) is 15.8. The number of anilines is 1. The van der Waals surface area contributed by atoms with Crippen LogP contribution in [0.15, 0.2) is 77.7 Å². The Hall–Kier alpha value is -3.16. The minimum absolute atomic E-state index is 0.0631. The van der Waals surface area contributed by atoms with Crippen molar-refractivity contribution in [1.82, 2.24) is 4.31 Å². The van der Waals surface area contributed by atoms with Crippen LogP contribution in [0.1, 0.15) is 41.3 Å². The number of hydrogen-bond acceptors (Lipinski definition) is 4. The van der Waals surface area contributed by atoms with Gasteiger partial charge in [0.1, 0.15) is 5.75 Å². The molecule has 0 saturated carbocycles. The normalized spacial score (nSPS) is 11.4. The molecule has 3 aromatic rings. The highest BCUT2D eigenvalue weighted by Crippen LogP contribution is 2.25. The fourth-order valence-corrected chi connectivity index (χ4v) is 4.65. The topological polar surface area (TPSA) is 75.7 Å². The SMILES string of the molecule is CCCCc1ccc(NC(=O)c2ccc(OC)c(CN(C)S(=O)(=O)c3ccccc3)c2)cc1. The summed E-state index contributed by atoms with van der Waals surface area (Å²) in [5, 5.41) is 2.90. The molecular weight excluding hydrogens is 436 g/mol. The Balaban J connectivity index is 1.77. The quantitative estimate of drug-likeness (QED) is 0.450. The van der Waals surface area contributed by atoms with E-state index in [2.05, 4.69) is 12.2 Å². The smallest absolute Gasteiger partial charge is 0.255 e. The molecule has 0 atom stereocenters. The monoisotopic (exact) mass is 466 g/mol. The number of benzene rings is 3. The van der Waals surface area contributed by atoms with E-state index in [-0.39, 0.29) is 17.3 Å². The second kappa shape index (κ2) is 11.1. The van der Waals surface area contributed by atoms with Gasteiger partial charge in [-0.15, -0.1) is 0 Å². The van der Waals surface area contributed by atoms with E-state index in [1.807, 2.05) is 24.3 Å². The zero-order valence-corrected chi connectivity index (χ0v) is 20.1. The maximum Gasteiger partial charge on any atom is 0.255 e. The number of aryl methyl sites for hydroxylation is 1. The summed E-state index contributed by atoms with van der Waals surface area (Å²) in [6.07, 6.45) is 3.29. The van der Waals surface area contributed by atoms with E-state index < -0.39 is 10.0 Å². The Kier molecular flexibility index (Phi) is 8.25. The third-order valence-electron chi connectivity index (χ3n) is 5.42. The third kappa shape index (κ3) is 6.21. The van der Waals surface area contributed by atoms with E-state index in [9.17, 15) is 13.2 Å². The number of nitrogens with one attached hydrogen (secondary N) is 1. The minimum atomic E-state index is -3.68. The molecule has 0 spiro atoms. The predicted molar refractivity (Wildman–Crippen MR) is 131 cm³/mol. The number of methoxy groups -OCH3 is 1. The van der Waals surface area contributed by atoms with Crippen molar-refractivity contribution in [2.45, 2.75) is 37.6 Å². The van der Waals surface area contributed by atoms with Crippen LogP contribution in [0.4, 0.5) is 5.69 Å². The molecule has 6 nitrogen and oxygen atoms in total. The molecule has 7 heteroatoms. The zero-order chi connectivity index (χ0) is 23.8. The number of carbonyl (C=O) groups is 1. The summed E-state index contributed by atoms with van der Waals surface area (Å²) in [6, 6.07) is 21.1. The number of hydrogen-bond donors (Lipinski definition) is 1. The molecule has 0 aliphatic rings. The predicted octanol–water partition coefficient (Wildman–Crippen LogP) is 5.11. The molecule has 0 saturated heterocycles. The number of nitrogens with zero attached hydrogens (tertiary/aromatic N) is 1. The summed E-state index contributed by atoms with van der Waals surface area (Å²) in [4.78, 5) is 13.1. The first kappa shape index (κ1) is 24.5. The first-order valence-electron chi connectivity index (χ1n) is 10.9. The standard InChI is InChI=1S/C26H30N2O4S/c1-4-5-9-20-12-15-23(16-13-20)27-26(29)21-14-17-25(32-3)22(18-21)19-28(2)33(30,31)24-10-7-6-8-11-24/h6-8,10-18H,4-5,9,19H2,1-3H3,(H,27,29). The first-order valence-corrected chi connectivity index (χ1v) is 12.4. The van der Waals surface area contributed by atoms with Crippen molar-refractivity contribution in [3.05, 3.63) is 89.5 Å². The van der Waals surface area contributed by atoms with Crippen molar-refractivity contribution in [3.8, 4) is 5.75 Å². The lowest BCUT2D eigenvalue weighted by Crippen LogP contribution is -2.27. The maximum atomic E-state index is 12.9. The van der Waals surface area contributed by atoms with Crippen molar-refractivity contribution in [3.63, 3.8) is 0 Å². The van der Waals surface area contributed by atoms with Crippen molar-refractivity contribution < 1.29 is 17.9 Å². The average molecular weight is 467 g/mol. The van der Waals surface area contributed by atoms with Gasteiger partial charge in [-0.3, -0.25) is 4.79 Å². The second-order valence-corrected chi connectivity index (χ2v) is 9.90. The number of amides is 1. The lowest BCUT2D eigenvalue weighted by atomic mass is 10.1. The van der Waals surface area contributed by atoms with Gasteiger partial charge in [0.25, 0.3) is 5.91 Å². The molecule has 0 radical (unpaired) electrons. The van der Waals surface area contributed by atoms with E-state index in [1.165, 1.54) is 24.0 Å². The van der Waals surface area contributed by atoms with Crippen LogP contribution >= 0.6 is 0 Å². The molecule has 1 amide bonds.